The van der Waals surface area contributed by atoms with E-state index in [1.165, 1.54) is 95.5 Å². The second kappa shape index (κ2) is 16.1. The van der Waals surface area contributed by atoms with Gasteiger partial charge in [-0.15, -0.1) is 5.11 Å². The van der Waals surface area contributed by atoms with Crippen LogP contribution in [0, 0.1) is 0 Å². The lowest BCUT2D eigenvalue weighted by Crippen LogP contribution is -1.87. The summed E-state index contributed by atoms with van der Waals surface area (Å²) in [6.45, 7) is 2.29. The van der Waals surface area contributed by atoms with E-state index >= 15 is 0 Å². The summed E-state index contributed by atoms with van der Waals surface area (Å²) in [7, 11) is 0. The highest BCUT2D eigenvalue weighted by Crippen LogP contribution is 2.33. The molecule has 0 heterocycles. The van der Waals surface area contributed by atoms with E-state index < -0.39 is 0 Å². The number of nitrogens with zero attached hydrogens (tertiary/aromatic N) is 2. The first-order valence-corrected chi connectivity index (χ1v) is 14.1. The molecule has 0 aliphatic heterocycles. The SMILES string of the molecule is CCCCCCCCCCCCCCCCc1ccc(/N=N/c2c(N)ccc3ccccc23)cc1. The molecule has 0 bridgehead atoms. The molecule has 3 aromatic carbocycles. The van der Waals surface area contributed by atoms with Gasteiger partial charge in [-0.25, -0.2) is 0 Å². The monoisotopic (exact) mass is 471 g/mol. The Bertz CT molecular complexity index is 1010. The second-order valence-electron chi connectivity index (χ2n) is 9.94. The number of hydrogen-bond acceptors (Lipinski definition) is 3. The van der Waals surface area contributed by atoms with Crippen LogP contribution in [-0.2, 0) is 6.42 Å². The van der Waals surface area contributed by atoms with Crippen LogP contribution in [0.3, 0.4) is 0 Å². The number of hydrogen-bond donors (Lipinski definition) is 1. The van der Waals surface area contributed by atoms with E-state index in [4.69, 9.17) is 5.73 Å². The van der Waals surface area contributed by atoms with Gasteiger partial charge in [-0.3, -0.25) is 0 Å². The molecule has 3 aromatic rings. The molecule has 0 amide bonds. The van der Waals surface area contributed by atoms with E-state index in [2.05, 4.69) is 47.5 Å². The van der Waals surface area contributed by atoms with Crippen molar-refractivity contribution in [2.24, 2.45) is 10.2 Å². The van der Waals surface area contributed by atoms with Crippen LogP contribution in [0.4, 0.5) is 17.1 Å². The van der Waals surface area contributed by atoms with Gasteiger partial charge in [0.05, 0.1) is 11.4 Å². The third kappa shape index (κ3) is 9.84. The molecule has 0 aromatic heterocycles. The lowest BCUT2D eigenvalue weighted by Gasteiger charge is -2.05. The van der Waals surface area contributed by atoms with Crippen LogP contribution < -0.4 is 5.73 Å². The molecule has 0 radical (unpaired) electrons. The molecular weight excluding hydrogens is 426 g/mol. The molecule has 3 heteroatoms. The predicted octanol–water partition coefficient (Wildman–Crippen LogP) is 10.9. The minimum absolute atomic E-state index is 0.655. The van der Waals surface area contributed by atoms with Crippen molar-refractivity contribution in [3.8, 4) is 0 Å². The molecule has 0 fully saturated rings. The molecule has 3 rings (SSSR count). The Morgan fingerprint density at radius 1 is 0.571 bits per heavy atom. The lowest BCUT2D eigenvalue weighted by molar-refractivity contribution is 0.535. The van der Waals surface area contributed by atoms with E-state index in [1.54, 1.807) is 0 Å². The van der Waals surface area contributed by atoms with Crippen LogP contribution in [0.5, 0.6) is 0 Å². The van der Waals surface area contributed by atoms with Crippen molar-refractivity contribution < 1.29 is 0 Å². The number of nitrogen functional groups attached to an aromatic ring is 1. The number of fused-ring (bicyclic) bond motifs is 1. The molecule has 188 valence electrons. The Morgan fingerprint density at radius 3 is 1.77 bits per heavy atom. The van der Waals surface area contributed by atoms with Crippen molar-refractivity contribution in [3.63, 3.8) is 0 Å². The molecule has 0 aliphatic rings. The Hall–Kier alpha value is -2.68. The van der Waals surface area contributed by atoms with Crippen LogP contribution in [0.15, 0.2) is 70.9 Å². The maximum Gasteiger partial charge on any atom is 0.116 e. The molecule has 0 spiro atoms. The van der Waals surface area contributed by atoms with Crippen LogP contribution in [0.2, 0.25) is 0 Å². The van der Waals surface area contributed by atoms with E-state index in [9.17, 15) is 0 Å². The summed E-state index contributed by atoms with van der Waals surface area (Å²) >= 11 is 0. The number of nitrogens with two attached hydrogens (primary N) is 1. The third-order valence-electron chi connectivity index (χ3n) is 6.95. The summed E-state index contributed by atoms with van der Waals surface area (Å²) in [5, 5.41) is 11.1. The molecule has 0 atom stereocenters. The molecule has 0 aliphatic carbocycles. The van der Waals surface area contributed by atoms with Crippen molar-refractivity contribution in [1.29, 1.82) is 0 Å². The molecule has 0 saturated carbocycles. The van der Waals surface area contributed by atoms with Gasteiger partial charge in [-0.1, -0.05) is 133 Å². The van der Waals surface area contributed by atoms with Crippen molar-refractivity contribution >= 4 is 27.8 Å². The van der Waals surface area contributed by atoms with Gasteiger partial charge in [-0.05, 0) is 42.0 Å². The quantitative estimate of drug-likeness (QED) is 0.119. The fourth-order valence-corrected chi connectivity index (χ4v) is 4.74. The zero-order chi connectivity index (χ0) is 24.6. The Kier molecular flexibility index (Phi) is 12.4. The van der Waals surface area contributed by atoms with Gasteiger partial charge in [0.25, 0.3) is 0 Å². The lowest BCUT2D eigenvalue weighted by atomic mass is 10.0. The summed E-state index contributed by atoms with van der Waals surface area (Å²) < 4.78 is 0. The van der Waals surface area contributed by atoms with Gasteiger partial charge < -0.3 is 5.73 Å². The number of azo groups is 1. The topological polar surface area (TPSA) is 50.7 Å². The smallest absolute Gasteiger partial charge is 0.116 e. The van der Waals surface area contributed by atoms with E-state index in [0.717, 1.165) is 28.6 Å². The van der Waals surface area contributed by atoms with Crippen molar-refractivity contribution in [1.82, 2.24) is 0 Å². The molecule has 35 heavy (non-hydrogen) atoms. The van der Waals surface area contributed by atoms with Gasteiger partial charge in [0.1, 0.15) is 5.69 Å². The maximum absolute atomic E-state index is 6.17. The summed E-state index contributed by atoms with van der Waals surface area (Å²) in [4.78, 5) is 0. The van der Waals surface area contributed by atoms with Gasteiger partial charge in [0.15, 0.2) is 0 Å². The molecule has 0 saturated heterocycles. The summed E-state index contributed by atoms with van der Waals surface area (Å²) in [5.74, 6) is 0. The molecule has 0 unspecified atom stereocenters. The normalized spacial score (nSPS) is 11.6. The van der Waals surface area contributed by atoms with Crippen LogP contribution >= 0.6 is 0 Å². The standard InChI is InChI=1S/C32H45N3/c1-2-3-4-5-6-7-8-9-10-11-12-13-14-15-18-27-21-24-29(25-22-27)34-35-32-30-20-17-16-19-28(30)23-26-31(32)33/h16-17,19-26H,2-15,18,33H2,1H3/b35-34+. The van der Waals surface area contributed by atoms with Crippen LogP contribution in [-0.4, -0.2) is 0 Å². The Labute approximate surface area is 213 Å². The minimum atomic E-state index is 0.655. The average molecular weight is 472 g/mol. The van der Waals surface area contributed by atoms with Gasteiger partial charge >= 0.3 is 0 Å². The first-order chi connectivity index (χ1) is 17.3. The van der Waals surface area contributed by atoms with Crippen molar-refractivity contribution in [3.05, 3.63) is 66.2 Å². The summed E-state index contributed by atoms with van der Waals surface area (Å²) in [6.07, 6.45) is 20.8. The minimum Gasteiger partial charge on any atom is -0.397 e. The van der Waals surface area contributed by atoms with E-state index in [0.29, 0.717) is 5.69 Å². The fraction of sp³-hybridized carbons (Fsp3) is 0.500. The molecule has 2 N–H and O–H groups in total. The number of unbranched alkanes of at least 4 members (excludes halogenated alkanes) is 13. The van der Waals surface area contributed by atoms with Gasteiger partial charge in [0, 0.05) is 5.39 Å². The average Bonchev–Trinajstić information content (AvgIpc) is 2.89. The highest BCUT2D eigenvalue weighted by molar-refractivity contribution is 5.97. The maximum atomic E-state index is 6.17. The van der Waals surface area contributed by atoms with Crippen LogP contribution in [0.1, 0.15) is 102 Å². The Morgan fingerprint density at radius 2 is 1.14 bits per heavy atom. The Balaban J connectivity index is 1.28. The number of rotatable bonds is 17. The summed E-state index contributed by atoms with van der Waals surface area (Å²) in [5.41, 5.74) is 9.81. The van der Waals surface area contributed by atoms with E-state index in [-0.39, 0.29) is 0 Å². The first-order valence-electron chi connectivity index (χ1n) is 14.1. The third-order valence-corrected chi connectivity index (χ3v) is 6.95. The predicted molar refractivity (Wildman–Crippen MR) is 153 cm³/mol. The molecule has 3 nitrogen and oxygen atoms in total. The van der Waals surface area contributed by atoms with E-state index in [1.807, 2.05) is 30.3 Å². The zero-order valence-corrected chi connectivity index (χ0v) is 21.9. The van der Waals surface area contributed by atoms with Gasteiger partial charge in [-0.2, -0.15) is 5.11 Å². The van der Waals surface area contributed by atoms with Crippen molar-refractivity contribution in [2.75, 3.05) is 5.73 Å². The fourth-order valence-electron chi connectivity index (χ4n) is 4.74. The first kappa shape index (κ1) is 26.9. The number of anilines is 1. The number of aryl methyl sites for hydroxylation is 1. The highest BCUT2D eigenvalue weighted by atomic mass is 15.1. The number of benzene rings is 3. The zero-order valence-electron chi connectivity index (χ0n) is 21.9. The van der Waals surface area contributed by atoms with Crippen LogP contribution in [0.25, 0.3) is 10.8 Å². The summed E-state index contributed by atoms with van der Waals surface area (Å²) in [6, 6.07) is 20.6. The van der Waals surface area contributed by atoms with Crippen molar-refractivity contribution in [2.45, 2.75) is 103 Å². The largest absolute Gasteiger partial charge is 0.397 e. The van der Waals surface area contributed by atoms with Gasteiger partial charge in [0.2, 0.25) is 0 Å². The highest BCUT2D eigenvalue weighted by Gasteiger charge is 2.04. The molecular formula is C32H45N3. The second-order valence-corrected chi connectivity index (χ2v) is 9.94.